The van der Waals surface area contributed by atoms with E-state index in [0.29, 0.717) is 23.8 Å². The summed E-state index contributed by atoms with van der Waals surface area (Å²) in [5.74, 6) is -4.12. The number of nitrogens with one attached hydrogen (secondary N) is 3. The molecule has 2 aliphatic carbocycles. The van der Waals surface area contributed by atoms with E-state index in [1.807, 2.05) is 36.4 Å². The number of halogens is 2. The topological polar surface area (TPSA) is 115 Å². The minimum atomic E-state index is -2.89. The molecule has 0 unspecified atom stereocenters. The Bertz CT molecular complexity index is 1390. The van der Waals surface area contributed by atoms with E-state index in [4.69, 9.17) is 9.83 Å². The molecule has 7 nitrogen and oxygen atoms in total. The van der Waals surface area contributed by atoms with Crippen molar-refractivity contribution in [2.45, 2.75) is 75.0 Å². The van der Waals surface area contributed by atoms with E-state index < -0.39 is 47.3 Å². The number of benzene rings is 2. The molecule has 0 bridgehead atoms. The molecule has 38 heavy (non-hydrogen) atoms. The van der Waals surface area contributed by atoms with E-state index in [-0.39, 0.29) is 18.6 Å². The number of alkyl halides is 2. The summed E-state index contributed by atoms with van der Waals surface area (Å²) in [7, 11) is 0. The highest BCUT2D eigenvalue weighted by Gasteiger charge is 2.52. The fraction of sp³-hybridized carbons (Fsp3) is 0.414. The smallest absolute Gasteiger partial charge is 0.287 e. The molecule has 0 spiro atoms. The number of rotatable bonds is 7. The summed E-state index contributed by atoms with van der Waals surface area (Å²) < 4.78 is 33.8. The van der Waals surface area contributed by atoms with Crippen molar-refractivity contribution in [3.8, 4) is 11.1 Å². The lowest BCUT2D eigenvalue weighted by Crippen LogP contribution is -2.63. The maximum atomic E-state index is 14.0. The number of carbonyl (C=O) groups excluding carboxylic acids is 2. The molecule has 0 aliphatic heterocycles. The summed E-state index contributed by atoms with van der Waals surface area (Å²) in [6.45, 7) is 3.43. The second-order valence-corrected chi connectivity index (χ2v) is 11.1. The Hall–Kier alpha value is -3.59. The Morgan fingerprint density at radius 1 is 0.947 bits per heavy atom. The van der Waals surface area contributed by atoms with Crippen LogP contribution in [0.15, 0.2) is 52.9 Å². The van der Waals surface area contributed by atoms with Gasteiger partial charge < -0.3 is 25.6 Å². The first-order valence-corrected chi connectivity index (χ1v) is 12.8. The van der Waals surface area contributed by atoms with Crippen LogP contribution in [0.1, 0.15) is 68.5 Å². The number of fused-ring (bicyclic) bond motifs is 1. The summed E-state index contributed by atoms with van der Waals surface area (Å²) in [4.78, 5) is 26.5. The van der Waals surface area contributed by atoms with Gasteiger partial charge >= 0.3 is 0 Å². The van der Waals surface area contributed by atoms with Crippen LogP contribution in [0.4, 0.5) is 8.78 Å². The van der Waals surface area contributed by atoms with Gasteiger partial charge in [0.25, 0.3) is 5.91 Å². The number of carbonyl (C=O) groups is 2. The van der Waals surface area contributed by atoms with Gasteiger partial charge in [0.2, 0.25) is 11.8 Å². The number of aliphatic hydroxyl groups is 1. The van der Waals surface area contributed by atoms with Gasteiger partial charge in [0, 0.05) is 24.4 Å². The van der Waals surface area contributed by atoms with Crippen molar-refractivity contribution in [2.75, 3.05) is 0 Å². The van der Waals surface area contributed by atoms with Crippen LogP contribution in [-0.2, 0) is 10.4 Å². The van der Waals surface area contributed by atoms with Crippen molar-refractivity contribution in [3.63, 3.8) is 0 Å². The fourth-order valence-electron chi connectivity index (χ4n) is 4.91. The second-order valence-electron chi connectivity index (χ2n) is 11.1. The standard InChI is InChI=1S/C29H31F2N3O4/c1-26(2,37)21-7-5-18(6-8-21)19-3-4-20-16-23(38-22(20)15-19)24(35)33-28(11-13-29(30,31)14-12-28)25(36)34-27(17-32)9-10-27/h3-8,15-17,32,37H,9-14H2,1-2H3,(H,33,35)(H,34,36). The molecule has 1 aromatic heterocycles. The van der Waals surface area contributed by atoms with Gasteiger partial charge in [-0.3, -0.25) is 9.59 Å². The van der Waals surface area contributed by atoms with Gasteiger partial charge in [-0.25, -0.2) is 8.78 Å². The van der Waals surface area contributed by atoms with Gasteiger partial charge in [0.1, 0.15) is 11.1 Å². The SMILES string of the molecule is CC(C)(O)c1ccc(-c2ccc3cc(C(=O)NC4(C(=O)NC5(C=N)CC5)CCC(F)(F)CC4)oc3c2)cc1. The van der Waals surface area contributed by atoms with Crippen molar-refractivity contribution >= 4 is 29.0 Å². The number of hydrogen-bond donors (Lipinski definition) is 4. The highest BCUT2D eigenvalue weighted by atomic mass is 19.3. The van der Waals surface area contributed by atoms with Crippen LogP contribution < -0.4 is 10.6 Å². The highest BCUT2D eigenvalue weighted by molar-refractivity contribution is 6.01. The van der Waals surface area contributed by atoms with E-state index in [0.717, 1.165) is 22.9 Å². The van der Waals surface area contributed by atoms with E-state index >= 15 is 0 Å². The van der Waals surface area contributed by atoms with Crippen LogP contribution in [0.5, 0.6) is 0 Å². The van der Waals surface area contributed by atoms with Gasteiger partial charge in [-0.2, -0.15) is 0 Å². The molecule has 2 fully saturated rings. The highest BCUT2D eigenvalue weighted by Crippen LogP contribution is 2.41. The van der Waals surface area contributed by atoms with Gasteiger partial charge in [-0.05, 0) is 68.4 Å². The van der Waals surface area contributed by atoms with Crippen molar-refractivity contribution in [2.24, 2.45) is 0 Å². The first-order valence-electron chi connectivity index (χ1n) is 12.8. The van der Waals surface area contributed by atoms with Crippen LogP contribution in [0.2, 0.25) is 0 Å². The predicted molar refractivity (Wildman–Crippen MR) is 139 cm³/mol. The monoisotopic (exact) mass is 523 g/mol. The van der Waals surface area contributed by atoms with Crippen molar-refractivity contribution in [3.05, 3.63) is 59.9 Å². The zero-order valence-corrected chi connectivity index (χ0v) is 21.4. The van der Waals surface area contributed by atoms with Gasteiger partial charge in [0.05, 0.1) is 11.1 Å². The van der Waals surface area contributed by atoms with Gasteiger partial charge in [0.15, 0.2) is 5.76 Å². The molecule has 0 saturated heterocycles. The maximum Gasteiger partial charge on any atom is 0.287 e. The average molecular weight is 524 g/mol. The molecule has 3 aromatic rings. The zero-order valence-electron chi connectivity index (χ0n) is 21.4. The third kappa shape index (κ3) is 5.07. The molecule has 2 aliphatic rings. The van der Waals surface area contributed by atoms with E-state index in [1.54, 1.807) is 26.0 Å². The molecule has 4 N–H and O–H groups in total. The molecule has 0 atom stereocenters. The average Bonchev–Trinajstić information content (AvgIpc) is 3.51. The Morgan fingerprint density at radius 3 is 2.16 bits per heavy atom. The van der Waals surface area contributed by atoms with Crippen LogP contribution in [-0.4, -0.2) is 40.1 Å². The Morgan fingerprint density at radius 2 is 1.58 bits per heavy atom. The molecular weight excluding hydrogens is 492 g/mol. The second kappa shape index (κ2) is 9.01. The van der Waals surface area contributed by atoms with E-state index in [1.165, 1.54) is 0 Å². The van der Waals surface area contributed by atoms with Crippen LogP contribution in [0.25, 0.3) is 22.1 Å². The lowest BCUT2D eigenvalue weighted by atomic mass is 9.78. The molecule has 9 heteroatoms. The van der Waals surface area contributed by atoms with Crippen LogP contribution >= 0.6 is 0 Å². The minimum absolute atomic E-state index is 0.0211. The molecule has 5 rings (SSSR count). The largest absolute Gasteiger partial charge is 0.451 e. The summed E-state index contributed by atoms with van der Waals surface area (Å²) in [5.41, 5.74) is -0.208. The molecule has 2 saturated carbocycles. The Balaban J connectivity index is 1.38. The first kappa shape index (κ1) is 26.0. The molecule has 2 aromatic carbocycles. The summed E-state index contributed by atoms with van der Waals surface area (Å²) in [6.07, 6.45) is 0.909. The predicted octanol–water partition coefficient (Wildman–Crippen LogP) is 5.30. The van der Waals surface area contributed by atoms with Gasteiger partial charge in [-0.15, -0.1) is 0 Å². The van der Waals surface area contributed by atoms with Crippen LogP contribution in [0.3, 0.4) is 0 Å². The normalized spacial score (nSPS) is 19.5. The lowest BCUT2D eigenvalue weighted by molar-refractivity contribution is -0.133. The quantitative estimate of drug-likeness (QED) is 0.315. The Kier molecular flexibility index (Phi) is 6.17. The summed E-state index contributed by atoms with van der Waals surface area (Å²) in [5, 5.41) is 24.0. The number of hydrogen-bond acceptors (Lipinski definition) is 5. The first-order chi connectivity index (χ1) is 17.8. The minimum Gasteiger partial charge on any atom is -0.451 e. The summed E-state index contributed by atoms with van der Waals surface area (Å²) in [6, 6.07) is 14.6. The van der Waals surface area contributed by atoms with Crippen molar-refractivity contribution in [1.29, 1.82) is 5.41 Å². The molecule has 0 radical (unpaired) electrons. The van der Waals surface area contributed by atoms with E-state index in [2.05, 4.69) is 10.6 Å². The van der Waals surface area contributed by atoms with Crippen molar-refractivity contribution in [1.82, 2.24) is 10.6 Å². The Labute approximate surface area is 219 Å². The zero-order chi connectivity index (χ0) is 27.3. The molecule has 2 amide bonds. The molecule has 200 valence electrons. The van der Waals surface area contributed by atoms with Crippen LogP contribution in [0, 0.1) is 5.41 Å². The third-order valence-electron chi connectivity index (χ3n) is 7.72. The van der Waals surface area contributed by atoms with Crippen molar-refractivity contribution < 1.29 is 27.9 Å². The molecular formula is C29H31F2N3O4. The fourth-order valence-corrected chi connectivity index (χ4v) is 4.91. The summed E-state index contributed by atoms with van der Waals surface area (Å²) >= 11 is 0. The number of amides is 2. The number of furan rings is 1. The maximum absolute atomic E-state index is 14.0. The molecule has 1 heterocycles. The lowest BCUT2D eigenvalue weighted by Gasteiger charge is -2.39. The van der Waals surface area contributed by atoms with Gasteiger partial charge in [-0.1, -0.05) is 36.4 Å². The van der Waals surface area contributed by atoms with E-state index in [9.17, 15) is 23.5 Å². The third-order valence-corrected chi connectivity index (χ3v) is 7.72.